The van der Waals surface area contributed by atoms with Crippen LogP contribution in [0.5, 0.6) is 5.75 Å². The van der Waals surface area contributed by atoms with Crippen LogP contribution in [0.2, 0.25) is 0 Å². The summed E-state index contributed by atoms with van der Waals surface area (Å²) in [5.41, 5.74) is 2.89. The molecule has 3 N–H and O–H groups in total. The number of hydrogen-bond donors (Lipinski definition) is 2. The second-order valence-electron chi connectivity index (χ2n) is 12.1. The third-order valence-corrected chi connectivity index (χ3v) is 11.0. The number of rotatable bonds is 4. The molecule has 6 atom stereocenters. The van der Waals surface area contributed by atoms with Crippen molar-refractivity contribution in [3.8, 4) is 5.75 Å². The van der Waals surface area contributed by atoms with E-state index in [1.54, 1.807) is 11.0 Å². The van der Waals surface area contributed by atoms with Crippen molar-refractivity contribution in [3.05, 3.63) is 59.2 Å². The molecule has 0 radical (unpaired) electrons. The second kappa shape index (κ2) is 9.63. The number of likely N-dealkylation sites (tertiary alicyclic amines) is 1. The summed E-state index contributed by atoms with van der Waals surface area (Å²) in [7, 11) is -3.85. The van der Waals surface area contributed by atoms with Crippen LogP contribution in [0.4, 0.5) is 0 Å². The first-order chi connectivity index (χ1) is 18.6. The number of sulfonamides is 1. The van der Waals surface area contributed by atoms with Crippen LogP contribution in [0, 0.1) is 17.3 Å². The number of carbonyl (C=O) groups is 2. The first-order valence-electron chi connectivity index (χ1n) is 14.0. The number of aromatic hydroxyl groups is 1. The zero-order valence-corrected chi connectivity index (χ0v) is 23.0. The van der Waals surface area contributed by atoms with Crippen LogP contribution in [0.25, 0.3) is 0 Å². The predicted molar refractivity (Wildman–Crippen MR) is 144 cm³/mol. The van der Waals surface area contributed by atoms with Gasteiger partial charge in [0, 0.05) is 17.5 Å². The van der Waals surface area contributed by atoms with Crippen molar-refractivity contribution in [1.29, 1.82) is 0 Å². The number of esters is 1. The molecule has 8 nitrogen and oxygen atoms in total. The number of ether oxygens (including phenoxy) is 1. The number of primary sulfonamides is 1. The van der Waals surface area contributed by atoms with Gasteiger partial charge >= 0.3 is 5.97 Å². The number of nitrogens with zero attached hydrogens (tertiary/aromatic N) is 1. The molecule has 9 heteroatoms. The Morgan fingerprint density at radius 1 is 1.05 bits per heavy atom. The standard InChI is InChI=1S/C30H36N2O6S/c1-30-15-14-23-22-11-7-20(33)17-19(22)6-10-24(23)25(30)12-13-27(30)38-29(35)26-3-2-16-32(26)28(34)18-4-8-21(9-5-18)39(31,36)37/h4-5,7-9,11,17,23-27,33H,2-3,6,10,12-16H2,1H3,(H2,31,36,37)/t23?,24?,25?,26-,27+,30+/m1/s1. The van der Waals surface area contributed by atoms with Crippen molar-refractivity contribution < 1.29 is 27.9 Å². The van der Waals surface area contributed by atoms with Gasteiger partial charge in [0.25, 0.3) is 5.91 Å². The number of nitrogens with two attached hydrogens (primary N) is 1. The Morgan fingerprint density at radius 2 is 1.82 bits per heavy atom. The topological polar surface area (TPSA) is 127 Å². The molecule has 3 aliphatic carbocycles. The highest BCUT2D eigenvalue weighted by Gasteiger charge is 2.56. The van der Waals surface area contributed by atoms with Crippen LogP contribution in [0.1, 0.15) is 79.3 Å². The molecule has 0 spiro atoms. The summed E-state index contributed by atoms with van der Waals surface area (Å²) in [6, 6.07) is 10.7. The van der Waals surface area contributed by atoms with Crippen molar-refractivity contribution in [2.75, 3.05) is 6.54 Å². The van der Waals surface area contributed by atoms with Crippen LogP contribution < -0.4 is 5.14 Å². The fraction of sp³-hybridized carbons (Fsp3) is 0.533. The molecule has 0 aromatic heterocycles. The highest BCUT2D eigenvalue weighted by atomic mass is 32.2. The Morgan fingerprint density at radius 3 is 2.56 bits per heavy atom. The maximum absolute atomic E-state index is 13.5. The molecule has 6 rings (SSSR count). The molecular formula is C30H36N2O6S. The van der Waals surface area contributed by atoms with Crippen LogP contribution in [-0.4, -0.2) is 49.0 Å². The summed E-state index contributed by atoms with van der Waals surface area (Å²) in [4.78, 5) is 28.2. The number of aryl methyl sites for hydroxylation is 1. The molecule has 3 fully saturated rings. The van der Waals surface area contributed by atoms with Crippen LogP contribution in [0.3, 0.4) is 0 Å². The van der Waals surface area contributed by atoms with Gasteiger partial charge in [-0.3, -0.25) is 4.79 Å². The summed E-state index contributed by atoms with van der Waals surface area (Å²) in [5, 5.41) is 15.1. The molecule has 2 saturated carbocycles. The summed E-state index contributed by atoms with van der Waals surface area (Å²) in [6.45, 7) is 2.74. The minimum Gasteiger partial charge on any atom is -0.508 e. The van der Waals surface area contributed by atoms with Crippen molar-refractivity contribution in [2.45, 2.75) is 81.2 Å². The summed E-state index contributed by atoms with van der Waals surface area (Å²) in [6.07, 6.45) is 7.08. The maximum Gasteiger partial charge on any atom is 0.329 e. The van der Waals surface area contributed by atoms with Gasteiger partial charge in [-0.15, -0.1) is 0 Å². The highest BCUT2D eigenvalue weighted by Crippen LogP contribution is 2.61. The van der Waals surface area contributed by atoms with Gasteiger partial charge in [-0.05, 0) is 117 Å². The van der Waals surface area contributed by atoms with Gasteiger partial charge in [-0.25, -0.2) is 18.4 Å². The average molecular weight is 553 g/mol. The molecule has 1 saturated heterocycles. The normalized spacial score (nSPS) is 31.7. The van der Waals surface area contributed by atoms with Gasteiger partial charge in [-0.1, -0.05) is 13.0 Å². The molecule has 1 amide bonds. The average Bonchev–Trinajstić information content (AvgIpc) is 3.52. The van der Waals surface area contributed by atoms with E-state index in [4.69, 9.17) is 9.88 Å². The summed E-state index contributed by atoms with van der Waals surface area (Å²) >= 11 is 0. The number of amides is 1. The molecule has 1 heterocycles. The number of fused-ring (bicyclic) bond motifs is 5. The first-order valence-corrected chi connectivity index (χ1v) is 15.6. The van der Waals surface area contributed by atoms with Crippen LogP contribution in [0.15, 0.2) is 47.4 Å². The Kier molecular flexibility index (Phi) is 6.50. The van der Waals surface area contributed by atoms with Gasteiger partial charge < -0.3 is 14.7 Å². The lowest BCUT2D eigenvalue weighted by atomic mass is 9.55. The summed E-state index contributed by atoms with van der Waals surface area (Å²) < 4.78 is 29.4. The van der Waals surface area contributed by atoms with Crippen molar-refractivity contribution >= 4 is 21.9 Å². The largest absolute Gasteiger partial charge is 0.508 e. The molecule has 39 heavy (non-hydrogen) atoms. The fourth-order valence-corrected chi connectivity index (χ4v) is 8.66. The van der Waals surface area contributed by atoms with Gasteiger partial charge in [0.1, 0.15) is 17.9 Å². The lowest BCUT2D eigenvalue weighted by Gasteiger charge is -2.50. The third kappa shape index (κ3) is 4.53. The number of phenolic OH excluding ortho intramolecular Hbond substituents is 1. The fourth-order valence-electron chi connectivity index (χ4n) is 8.14. The van der Waals surface area contributed by atoms with E-state index >= 15 is 0 Å². The first kappa shape index (κ1) is 26.3. The van der Waals surface area contributed by atoms with E-state index < -0.39 is 16.1 Å². The highest BCUT2D eigenvalue weighted by molar-refractivity contribution is 7.89. The minimum atomic E-state index is -3.85. The van der Waals surface area contributed by atoms with Gasteiger partial charge in [0.05, 0.1) is 4.90 Å². The van der Waals surface area contributed by atoms with E-state index in [2.05, 4.69) is 13.0 Å². The van der Waals surface area contributed by atoms with E-state index in [0.29, 0.717) is 48.5 Å². The van der Waals surface area contributed by atoms with Gasteiger partial charge in [0.2, 0.25) is 10.0 Å². The Bertz CT molecular complexity index is 1410. The molecule has 1 aliphatic heterocycles. The minimum absolute atomic E-state index is 0.0604. The van der Waals surface area contributed by atoms with Crippen molar-refractivity contribution in [3.63, 3.8) is 0 Å². The zero-order chi connectivity index (χ0) is 27.5. The molecule has 4 aliphatic rings. The quantitative estimate of drug-likeness (QED) is 0.550. The van der Waals surface area contributed by atoms with E-state index in [1.807, 2.05) is 6.07 Å². The number of hydrogen-bond acceptors (Lipinski definition) is 6. The van der Waals surface area contributed by atoms with Gasteiger partial charge in [0.15, 0.2) is 0 Å². The molecular weight excluding hydrogens is 516 g/mol. The number of phenols is 1. The SMILES string of the molecule is C[C@]12CCC3c4ccc(O)cc4CCC3C1CC[C@@H]2OC(=O)[C@H]1CCCN1C(=O)c1ccc(S(N)(=O)=O)cc1. The second-order valence-corrected chi connectivity index (χ2v) is 13.6. The zero-order valence-electron chi connectivity index (χ0n) is 22.2. The molecule has 2 aromatic rings. The third-order valence-electron chi connectivity index (χ3n) is 10.1. The van der Waals surface area contributed by atoms with E-state index in [1.165, 1.54) is 35.4 Å². The molecule has 2 aromatic carbocycles. The predicted octanol–water partition coefficient (Wildman–Crippen LogP) is 4.11. The maximum atomic E-state index is 13.5. The van der Waals surface area contributed by atoms with E-state index in [9.17, 15) is 23.1 Å². The Labute approximate surface area is 229 Å². The summed E-state index contributed by atoms with van der Waals surface area (Å²) in [5.74, 6) is 1.22. The Hall–Kier alpha value is -2.91. The van der Waals surface area contributed by atoms with Crippen molar-refractivity contribution in [2.24, 2.45) is 22.4 Å². The van der Waals surface area contributed by atoms with Gasteiger partial charge in [-0.2, -0.15) is 0 Å². The lowest BCUT2D eigenvalue weighted by molar-refractivity contribution is -0.162. The smallest absolute Gasteiger partial charge is 0.329 e. The van der Waals surface area contributed by atoms with Crippen LogP contribution in [-0.2, 0) is 26.0 Å². The monoisotopic (exact) mass is 552 g/mol. The number of benzene rings is 2. The number of carbonyl (C=O) groups excluding carboxylic acids is 2. The molecule has 3 unspecified atom stereocenters. The molecule has 208 valence electrons. The Balaban J connectivity index is 1.15. The lowest BCUT2D eigenvalue weighted by Crippen LogP contribution is -2.47. The van der Waals surface area contributed by atoms with E-state index in [-0.39, 0.29) is 28.3 Å². The van der Waals surface area contributed by atoms with E-state index in [0.717, 1.165) is 38.5 Å². The van der Waals surface area contributed by atoms with Crippen LogP contribution >= 0.6 is 0 Å². The molecule has 0 bridgehead atoms. The van der Waals surface area contributed by atoms with Crippen molar-refractivity contribution in [1.82, 2.24) is 4.90 Å².